The molecule has 0 aliphatic carbocycles. The number of thioether (sulfide) groups is 1. The van der Waals surface area contributed by atoms with Crippen LogP contribution in [0.4, 0.5) is 0 Å². The van der Waals surface area contributed by atoms with E-state index in [2.05, 4.69) is 42.4 Å². The summed E-state index contributed by atoms with van der Waals surface area (Å²) >= 11 is 1.82. The predicted molar refractivity (Wildman–Crippen MR) is 68.1 cm³/mol. The Morgan fingerprint density at radius 3 is 3.00 bits per heavy atom. The summed E-state index contributed by atoms with van der Waals surface area (Å²) in [5.41, 5.74) is 1.32. The molecule has 1 atom stereocenters. The van der Waals surface area contributed by atoms with E-state index < -0.39 is 0 Å². The van der Waals surface area contributed by atoms with Crippen LogP contribution in [0.25, 0.3) is 0 Å². The molecular weight excluding hydrogens is 202 g/mol. The van der Waals surface area contributed by atoms with Crippen molar-refractivity contribution in [2.75, 3.05) is 12.8 Å². The van der Waals surface area contributed by atoms with Crippen LogP contribution in [0.5, 0.6) is 0 Å². The second-order valence-electron chi connectivity index (χ2n) is 3.39. The van der Waals surface area contributed by atoms with Gasteiger partial charge < -0.3 is 5.32 Å². The fourth-order valence-electron chi connectivity index (χ4n) is 1.27. The average molecular weight is 219 g/mol. The van der Waals surface area contributed by atoms with Crippen molar-refractivity contribution in [1.29, 1.82) is 0 Å². The molecule has 0 radical (unpaired) electrons. The Hall–Kier alpha value is -0.910. The molecule has 1 nitrogen and oxygen atoms in total. The largest absolute Gasteiger partial charge is 0.313 e. The first-order valence-corrected chi connectivity index (χ1v) is 6.10. The zero-order chi connectivity index (χ0) is 11.1. The van der Waals surface area contributed by atoms with Gasteiger partial charge in [-0.3, -0.25) is 0 Å². The van der Waals surface area contributed by atoms with Gasteiger partial charge in [-0.15, -0.1) is 24.1 Å². The maximum absolute atomic E-state index is 5.22. The molecule has 1 aromatic carbocycles. The van der Waals surface area contributed by atoms with Crippen LogP contribution in [-0.2, 0) is 0 Å². The second kappa shape index (κ2) is 6.55. The van der Waals surface area contributed by atoms with E-state index in [1.807, 2.05) is 18.8 Å². The van der Waals surface area contributed by atoms with Gasteiger partial charge in [0, 0.05) is 23.1 Å². The molecule has 80 valence electrons. The van der Waals surface area contributed by atoms with Crippen molar-refractivity contribution in [3.63, 3.8) is 0 Å². The maximum Gasteiger partial charge on any atom is 0.0289 e. The van der Waals surface area contributed by atoms with Crippen molar-refractivity contribution in [2.45, 2.75) is 24.3 Å². The molecule has 0 saturated carbocycles. The van der Waals surface area contributed by atoms with Crippen LogP contribution in [0.15, 0.2) is 29.2 Å². The maximum atomic E-state index is 5.22. The van der Waals surface area contributed by atoms with Crippen molar-refractivity contribution < 1.29 is 0 Å². The first kappa shape index (κ1) is 12.2. The molecule has 0 aliphatic heterocycles. The summed E-state index contributed by atoms with van der Waals surface area (Å²) in [7, 11) is 1.98. The Labute approximate surface area is 96.7 Å². The normalized spacial score (nSPS) is 12.1. The zero-order valence-electron chi connectivity index (χ0n) is 9.29. The highest BCUT2D eigenvalue weighted by atomic mass is 32.2. The van der Waals surface area contributed by atoms with Gasteiger partial charge >= 0.3 is 0 Å². The molecule has 0 saturated heterocycles. The number of terminal acetylenes is 1. The van der Waals surface area contributed by atoms with Crippen molar-refractivity contribution in [3.05, 3.63) is 29.8 Å². The van der Waals surface area contributed by atoms with Gasteiger partial charge in [-0.2, -0.15) is 0 Å². The average Bonchev–Trinajstić information content (AvgIpc) is 2.29. The molecule has 1 unspecified atom stereocenters. The van der Waals surface area contributed by atoms with Crippen LogP contribution in [0.1, 0.15) is 24.9 Å². The Morgan fingerprint density at radius 2 is 2.33 bits per heavy atom. The van der Waals surface area contributed by atoms with E-state index in [1.54, 1.807) is 0 Å². The molecule has 0 fully saturated rings. The quantitative estimate of drug-likeness (QED) is 0.464. The number of benzene rings is 1. The van der Waals surface area contributed by atoms with Crippen LogP contribution in [-0.4, -0.2) is 12.8 Å². The van der Waals surface area contributed by atoms with Crippen LogP contribution < -0.4 is 5.32 Å². The second-order valence-corrected chi connectivity index (χ2v) is 4.55. The highest BCUT2D eigenvalue weighted by Crippen LogP contribution is 2.22. The van der Waals surface area contributed by atoms with Gasteiger partial charge in [-0.05, 0) is 31.7 Å². The van der Waals surface area contributed by atoms with Gasteiger partial charge in [0.1, 0.15) is 0 Å². The summed E-state index contributed by atoms with van der Waals surface area (Å²) in [5.74, 6) is 3.65. The topological polar surface area (TPSA) is 12.0 Å². The monoisotopic (exact) mass is 219 g/mol. The third-order valence-electron chi connectivity index (χ3n) is 2.31. The van der Waals surface area contributed by atoms with E-state index in [0.717, 1.165) is 12.2 Å². The predicted octanol–water partition coefficient (Wildman–Crippen LogP) is 3.08. The van der Waals surface area contributed by atoms with E-state index in [9.17, 15) is 0 Å². The molecule has 1 aromatic rings. The number of rotatable bonds is 5. The molecule has 1 N–H and O–H groups in total. The molecule has 0 heterocycles. The lowest BCUT2D eigenvalue weighted by atomic mass is 10.1. The van der Waals surface area contributed by atoms with E-state index in [-0.39, 0.29) is 0 Å². The third-order valence-corrected chi connectivity index (χ3v) is 3.30. The Balaban J connectivity index is 2.62. The lowest BCUT2D eigenvalue weighted by molar-refractivity contribution is 0.651. The minimum absolute atomic E-state index is 0.401. The van der Waals surface area contributed by atoms with Crippen molar-refractivity contribution in [2.24, 2.45) is 0 Å². The summed E-state index contributed by atoms with van der Waals surface area (Å²) in [6.07, 6.45) is 6.05. The van der Waals surface area contributed by atoms with Crippen molar-refractivity contribution in [3.8, 4) is 12.3 Å². The van der Waals surface area contributed by atoms with Gasteiger partial charge in [0.25, 0.3) is 0 Å². The van der Waals surface area contributed by atoms with Crippen LogP contribution in [0, 0.1) is 12.3 Å². The van der Waals surface area contributed by atoms with Gasteiger partial charge in [0.15, 0.2) is 0 Å². The number of nitrogens with one attached hydrogen (secondary N) is 1. The Kier molecular flexibility index (Phi) is 5.31. The summed E-state index contributed by atoms with van der Waals surface area (Å²) in [4.78, 5) is 1.30. The smallest absolute Gasteiger partial charge is 0.0289 e. The Morgan fingerprint density at radius 1 is 1.53 bits per heavy atom. The van der Waals surface area contributed by atoms with Crippen LogP contribution in [0.3, 0.4) is 0 Å². The lowest BCUT2D eigenvalue weighted by Gasteiger charge is -2.11. The fraction of sp³-hybridized carbons (Fsp3) is 0.385. The van der Waals surface area contributed by atoms with Crippen molar-refractivity contribution in [1.82, 2.24) is 5.32 Å². The summed E-state index contributed by atoms with van der Waals surface area (Å²) in [5, 5.41) is 3.23. The Bertz CT molecular complexity index is 341. The van der Waals surface area contributed by atoms with Crippen LogP contribution in [0.2, 0.25) is 0 Å². The van der Waals surface area contributed by atoms with Gasteiger partial charge in [-0.1, -0.05) is 12.1 Å². The third kappa shape index (κ3) is 3.99. The van der Waals surface area contributed by atoms with E-state index in [4.69, 9.17) is 6.42 Å². The molecule has 0 spiro atoms. The summed E-state index contributed by atoms with van der Waals surface area (Å²) < 4.78 is 0. The minimum atomic E-state index is 0.401. The van der Waals surface area contributed by atoms with E-state index >= 15 is 0 Å². The molecule has 0 amide bonds. The van der Waals surface area contributed by atoms with Gasteiger partial charge in [0.2, 0.25) is 0 Å². The molecule has 0 bridgehead atoms. The molecule has 0 aromatic heterocycles. The molecule has 15 heavy (non-hydrogen) atoms. The van der Waals surface area contributed by atoms with Crippen LogP contribution >= 0.6 is 11.8 Å². The number of hydrogen-bond donors (Lipinski definition) is 1. The van der Waals surface area contributed by atoms with E-state index in [1.165, 1.54) is 10.5 Å². The first-order chi connectivity index (χ1) is 7.27. The molecule has 0 aliphatic rings. The molecule has 2 heteroatoms. The summed E-state index contributed by atoms with van der Waals surface area (Å²) in [6.45, 7) is 2.16. The molecule has 1 rings (SSSR count). The lowest BCUT2D eigenvalue weighted by Crippen LogP contribution is -2.11. The van der Waals surface area contributed by atoms with Gasteiger partial charge in [0.05, 0.1) is 0 Å². The first-order valence-electron chi connectivity index (χ1n) is 5.11. The zero-order valence-corrected chi connectivity index (χ0v) is 10.1. The standard InChI is InChI=1S/C13H17NS/c1-4-5-9-15-13-8-6-7-12(10-13)11(2)14-3/h1,6-8,10-11,14H,5,9H2,2-3H3. The number of hydrogen-bond acceptors (Lipinski definition) is 2. The van der Waals surface area contributed by atoms with Gasteiger partial charge in [-0.25, -0.2) is 0 Å². The fourth-order valence-corrected chi connectivity index (χ4v) is 2.12. The molecular formula is C13H17NS. The van der Waals surface area contributed by atoms with Crippen molar-refractivity contribution >= 4 is 11.8 Å². The highest BCUT2D eigenvalue weighted by molar-refractivity contribution is 7.99. The SMILES string of the molecule is C#CCCSc1cccc(C(C)NC)c1. The highest BCUT2D eigenvalue weighted by Gasteiger charge is 2.02. The summed E-state index contributed by atoms with van der Waals surface area (Å²) in [6, 6.07) is 9.00. The van der Waals surface area contributed by atoms with E-state index in [0.29, 0.717) is 6.04 Å². The minimum Gasteiger partial charge on any atom is -0.313 e.